The van der Waals surface area contributed by atoms with E-state index in [1.165, 1.54) is 0 Å². The predicted octanol–water partition coefficient (Wildman–Crippen LogP) is 5.14. The first kappa shape index (κ1) is 22.3. The molecule has 0 aliphatic carbocycles. The lowest BCUT2D eigenvalue weighted by atomic mass is 10.2. The van der Waals surface area contributed by atoms with Crippen LogP contribution in [0.5, 0.6) is 11.5 Å². The van der Waals surface area contributed by atoms with Gasteiger partial charge in [0.15, 0.2) is 17.3 Å². The smallest absolute Gasteiger partial charge is 0.216 e. The van der Waals surface area contributed by atoms with Crippen LogP contribution in [0.3, 0.4) is 0 Å². The molecule has 0 unspecified atom stereocenters. The third-order valence-corrected chi connectivity index (χ3v) is 5.30. The van der Waals surface area contributed by atoms with E-state index < -0.39 is 0 Å². The predicted molar refractivity (Wildman–Crippen MR) is 134 cm³/mol. The molecule has 0 spiro atoms. The van der Waals surface area contributed by atoms with Gasteiger partial charge in [0.25, 0.3) is 0 Å². The van der Waals surface area contributed by atoms with Gasteiger partial charge in [0.1, 0.15) is 6.61 Å². The fourth-order valence-corrected chi connectivity index (χ4v) is 3.42. The van der Waals surface area contributed by atoms with E-state index in [9.17, 15) is 0 Å². The van der Waals surface area contributed by atoms with Crippen LogP contribution in [-0.2, 0) is 6.61 Å². The third kappa shape index (κ3) is 5.30. The van der Waals surface area contributed by atoms with Crippen molar-refractivity contribution in [2.24, 2.45) is 5.10 Å². The maximum atomic E-state index is 5.93. The summed E-state index contributed by atoms with van der Waals surface area (Å²) >= 11 is 5.38. The number of hydrogen-bond acceptors (Lipinski definition) is 6. The van der Waals surface area contributed by atoms with E-state index in [2.05, 4.69) is 15.3 Å². The summed E-state index contributed by atoms with van der Waals surface area (Å²) in [5, 5.41) is 11.7. The number of nitrogens with zero attached hydrogens (tertiary/aromatic N) is 4. The second-order valence-electron chi connectivity index (χ2n) is 7.53. The highest BCUT2D eigenvalue weighted by Gasteiger charge is 2.09. The largest absolute Gasteiger partial charge is 0.493 e. The molecule has 0 saturated carbocycles. The van der Waals surface area contributed by atoms with Crippen LogP contribution in [0.4, 0.5) is 5.69 Å². The summed E-state index contributed by atoms with van der Waals surface area (Å²) in [6, 6.07) is 23.7. The highest BCUT2D eigenvalue weighted by atomic mass is 32.1. The Kier molecular flexibility index (Phi) is 6.85. The Balaban J connectivity index is 1.54. The molecule has 8 heteroatoms. The lowest BCUT2D eigenvalue weighted by Crippen LogP contribution is -2.08. The monoisotopic (exact) mass is 459 g/mol. The summed E-state index contributed by atoms with van der Waals surface area (Å²) < 4.78 is 13.5. The first-order valence-corrected chi connectivity index (χ1v) is 10.8. The van der Waals surface area contributed by atoms with E-state index >= 15 is 0 Å². The van der Waals surface area contributed by atoms with Gasteiger partial charge in [-0.2, -0.15) is 14.9 Å². The van der Waals surface area contributed by atoms with Crippen molar-refractivity contribution in [1.29, 1.82) is 0 Å². The summed E-state index contributed by atoms with van der Waals surface area (Å²) in [5.41, 5.74) is 3.94. The molecule has 0 radical (unpaired) electrons. The summed E-state index contributed by atoms with van der Waals surface area (Å²) in [7, 11) is 5.62. The molecule has 3 aromatic carbocycles. The lowest BCUT2D eigenvalue weighted by molar-refractivity contribution is 0.284. The Bertz CT molecular complexity index is 1290. The van der Waals surface area contributed by atoms with E-state index in [4.69, 9.17) is 21.7 Å². The van der Waals surface area contributed by atoms with E-state index in [1.54, 1.807) is 18.0 Å². The Morgan fingerprint density at radius 3 is 2.48 bits per heavy atom. The highest BCUT2D eigenvalue weighted by Crippen LogP contribution is 2.28. The van der Waals surface area contributed by atoms with E-state index in [1.807, 2.05) is 91.8 Å². The normalized spacial score (nSPS) is 11.0. The standard InChI is InChI=1S/C25H25N5O2S/c1-29(2)21-12-10-20(11-13-21)24-27-28-25(33)30(24)26-16-19-9-14-22(23(15-19)31-3)32-17-18-7-5-4-6-8-18/h4-16H,17H2,1-3H3,(H,28,33). The second kappa shape index (κ2) is 10.1. The van der Waals surface area contributed by atoms with Crippen molar-refractivity contribution in [3.63, 3.8) is 0 Å². The van der Waals surface area contributed by atoms with E-state index in [0.717, 1.165) is 22.4 Å². The van der Waals surface area contributed by atoms with Crippen LogP contribution in [0.2, 0.25) is 0 Å². The molecule has 1 aromatic heterocycles. The average molecular weight is 460 g/mol. The minimum absolute atomic E-state index is 0.410. The zero-order valence-electron chi connectivity index (χ0n) is 18.7. The topological polar surface area (TPSA) is 67.7 Å². The van der Waals surface area contributed by atoms with Crippen molar-refractivity contribution in [3.8, 4) is 22.9 Å². The van der Waals surface area contributed by atoms with Crippen molar-refractivity contribution in [3.05, 3.63) is 88.7 Å². The molecule has 1 N–H and O–H groups in total. The summed E-state index contributed by atoms with van der Waals surface area (Å²) in [6.07, 6.45) is 1.71. The Morgan fingerprint density at radius 2 is 1.79 bits per heavy atom. The van der Waals surface area contributed by atoms with Gasteiger partial charge >= 0.3 is 0 Å². The van der Waals surface area contributed by atoms with E-state index in [0.29, 0.717) is 28.7 Å². The zero-order chi connectivity index (χ0) is 23.2. The molecule has 4 aromatic rings. The van der Waals surface area contributed by atoms with Gasteiger partial charge in [-0.3, -0.25) is 0 Å². The minimum Gasteiger partial charge on any atom is -0.493 e. The molecular weight excluding hydrogens is 434 g/mol. The third-order valence-electron chi connectivity index (χ3n) is 5.04. The van der Waals surface area contributed by atoms with Gasteiger partial charge in [-0.05, 0) is 65.8 Å². The number of nitrogens with one attached hydrogen (secondary N) is 1. The van der Waals surface area contributed by atoms with Gasteiger partial charge in [0.05, 0.1) is 13.3 Å². The fourth-order valence-electron chi connectivity index (χ4n) is 3.24. The molecule has 0 atom stereocenters. The molecule has 4 rings (SSSR count). The number of benzene rings is 3. The van der Waals surface area contributed by atoms with Crippen molar-refractivity contribution >= 4 is 24.1 Å². The molecule has 33 heavy (non-hydrogen) atoms. The van der Waals surface area contributed by atoms with Gasteiger partial charge in [-0.25, -0.2) is 5.10 Å². The van der Waals surface area contributed by atoms with Gasteiger partial charge in [0.2, 0.25) is 4.77 Å². The molecule has 1 heterocycles. The lowest BCUT2D eigenvalue weighted by Gasteiger charge is -2.12. The maximum absolute atomic E-state index is 5.93. The van der Waals surface area contributed by atoms with Gasteiger partial charge < -0.3 is 14.4 Å². The van der Waals surface area contributed by atoms with Crippen LogP contribution in [0.1, 0.15) is 11.1 Å². The summed E-state index contributed by atoms with van der Waals surface area (Å²) in [4.78, 5) is 2.04. The van der Waals surface area contributed by atoms with Crippen LogP contribution >= 0.6 is 12.2 Å². The number of ether oxygens (including phenoxy) is 2. The quantitative estimate of drug-likeness (QED) is 0.292. The second-order valence-corrected chi connectivity index (χ2v) is 7.92. The zero-order valence-corrected chi connectivity index (χ0v) is 19.5. The molecule has 0 amide bonds. The SMILES string of the molecule is COc1cc(C=Nn2c(-c3ccc(N(C)C)cc3)n[nH]c2=S)ccc1OCc1ccccc1. The van der Waals surface area contributed by atoms with Crippen molar-refractivity contribution in [1.82, 2.24) is 14.9 Å². The Morgan fingerprint density at radius 1 is 1.03 bits per heavy atom. The molecule has 168 valence electrons. The maximum Gasteiger partial charge on any atom is 0.216 e. The highest BCUT2D eigenvalue weighted by molar-refractivity contribution is 7.71. The molecule has 7 nitrogen and oxygen atoms in total. The molecule has 0 fully saturated rings. The van der Waals surface area contributed by atoms with Crippen molar-refractivity contribution < 1.29 is 9.47 Å². The van der Waals surface area contributed by atoms with Crippen LogP contribution in [0, 0.1) is 4.77 Å². The number of aromatic nitrogens is 3. The molecule has 0 aliphatic heterocycles. The van der Waals surface area contributed by atoms with Crippen LogP contribution in [0.25, 0.3) is 11.4 Å². The first-order valence-electron chi connectivity index (χ1n) is 10.4. The van der Waals surface area contributed by atoms with Crippen LogP contribution in [-0.4, -0.2) is 42.3 Å². The number of hydrogen-bond donors (Lipinski definition) is 1. The van der Waals surface area contributed by atoms with Gasteiger partial charge in [-0.1, -0.05) is 30.3 Å². The number of methoxy groups -OCH3 is 1. The molecular formula is C25H25N5O2S. The first-order chi connectivity index (χ1) is 16.0. The number of H-pyrrole nitrogens is 1. The molecule has 0 bridgehead atoms. The number of aromatic amines is 1. The van der Waals surface area contributed by atoms with Crippen LogP contribution in [0.15, 0.2) is 77.9 Å². The number of anilines is 1. The van der Waals surface area contributed by atoms with Crippen LogP contribution < -0.4 is 14.4 Å². The van der Waals surface area contributed by atoms with Gasteiger partial charge in [0, 0.05) is 25.3 Å². The molecule has 0 aliphatic rings. The fraction of sp³-hybridized carbons (Fsp3) is 0.160. The molecule has 0 saturated heterocycles. The van der Waals surface area contributed by atoms with Crippen molar-refractivity contribution in [2.45, 2.75) is 6.61 Å². The number of rotatable bonds is 8. The Hall–Kier alpha value is -3.91. The van der Waals surface area contributed by atoms with E-state index in [-0.39, 0.29) is 0 Å². The summed E-state index contributed by atoms with van der Waals surface area (Å²) in [5.74, 6) is 1.93. The summed E-state index contributed by atoms with van der Waals surface area (Å²) in [6.45, 7) is 0.463. The van der Waals surface area contributed by atoms with Crippen molar-refractivity contribution in [2.75, 3.05) is 26.1 Å². The average Bonchev–Trinajstić information content (AvgIpc) is 3.22. The van der Waals surface area contributed by atoms with Gasteiger partial charge in [-0.15, -0.1) is 0 Å². The minimum atomic E-state index is 0.410. The Labute approximate surface area is 197 Å².